The Labute approximate surface area is 147 Å². The van der Waals surface area contributed by atoms with Crippen molar-refractivity contribution in [3.63, 3.8) is 0 Å². The van der Waals surface area contributed by atoms with E-state index in [9.17, 15) is 13.2 Å². The van der Waals surface area contributed by atoms with E-state index in [-0.39, 0.29) is 11.9 Å². The van der Waals surface area contributed by atoms with Crippen molar-refractivity contribution in [3.8, 4) is 0 Å². The molecule has 2 aromatic rings. The summed E-state index contributed by atoms with van der Waals surface area (Å²) in [6, 6.07) is 14.4. The van der Waals surface area contributed by atoms with Crippen LogP contribution in [0.2, 0.25) is 0 Å². The predicted octanol–water partition coefficient (Wildman–Crippen LogP) is 2.45. The van der Waals surface area contributed by atoms with Gasteiger partial charge in [0, 0.05) is 23.6 Å². The summed E-state index contributed by atoms with van der Waals surface area (Å²) in [5.74, 6) is 0.0169. The van der Waals surface area contributed by atoms with Crippen molar-refractivity contribution in [2.75, 3.05) is 27.7 Å². The Morgan fingerprint density at radius 2 is 1.72 bits per heavy atom. The van der Waals surface area contributed by atoms with Crippen LogP contribution in [-0.2, 0) is 21.2 Å². The van der Waals surface area contributed by atoms with Gasteiger partial charge in [0.2, 0.25) is 15.9 Å². The van der Waals surface area contributed by atoms with Gasteiger partial charge in [-0.15, -0.1) is 0 Å². The first kappa shape index (κ1) is 17.3. The number of fused-ring (bicyclic) bond motifs is 1. The number of nitrogens with zero attached hydrogens (tertiary/aromatic N) is 1. The number of nitrogens with one attached hydrogen (secondary N) is 2. The average molecular weight is 359 g/mol. The molecule has 0 bridgehead atoms. The molecule has 6 nitrogen and oxygen atoms in total. The second kappa shape index (κ2) is 6.76. The summed E-state index contributed by atoms with van der Waals surface area (Å²) in [5, 5.41) is 3.17. The van der Waals surface area contributed by atoms with Gasteiger partial charge in [0.1, 0.15) is 6.04 Å². The van der Waals surface area contributed by atoms with Crippen LogP contribution in [-0.4, -0.2) is 33.2 Å². The molecule has 0 fully saturated rings. The fourth-order valence-electron chi connectivity index (χ4n) is 2.96. The fraction of sp³-hybridized carbons (Fsp3) is 0.278. The summed E-state index contributed by atoms with van der Waals surface area (Å²) < 4.78 is 24.9. The highest BCUT2D eigenvalue weighted by Gasteiger charge is 2.27. The van der Waals surface area contributed by atoms with Crippen molar-refractivity contribution in [2.45, 2.75) is 19.4 Å². The van der Waals surface area contributed by atoms with Gasteiger partial charge in [0.05, 0.1) is 6.26 Å². The lowest BCUT2D eigenvalue weighted by Gasteiger charge is -2.23. The van der Waals surface area contributed by atoms with Gasteiger partial charge in [-0.2, -0.15) is 0 Å². The van der Waals surface area contributed by atoms with Gasteiger partial charge in [-0.1, -0.05) is 18.2 Å². The molecule has 1 heterocycles. The van der Waals surface area contributed by atoms with Crippen molar-refractivity contribution >= 4 is 33.0 Å². The summed E-state index contributed by atoms with van der Waals surface area (Å²) >= 11 is 0. The van der Waals surface area contributed by atoms with Crippen LogP contribution in [0.3, 0.4) is 0 Å². The third-order valence-corrected chi connectivity index (χ3v) is 4.70. The Morgan fingerprint density at radius 3 is 2.40 bits per heavy atom. The van der Waals surface area contributed by atoms with Gasteiger partial charge in [-0.3, -0.25) is 9.52 Å². The number of carbonyl (C=O) groups excluding carboxylic acids is 1. The van der Waals surface area contributed by atoms with Gasteiger partial charge in [-0.25, -0.2) is 8.42 Å². The van der Waals surface area contributed by atoms with Crippen LogP contribution in [0.4, 0.5) is 17.1 Å². The third-order valence-electron chi connectivity index (χ3n) is 4.09. The molecule has 132 valence electrons. The van der Waals surface area contributed by atoms with Crippen LogP contribution in [0, 0.1) is 0 Å². The number of hydrogen-bond acceptors (Lipinski definition) is 4. The first-order chi connectivity index (χ1) is 11.8. The third kappa shape index (κ3) is 4.11. The van der Waals surface area contributed by atoms with E-state index in [1.807, 2.05) is 36.1 Å². The van der Waals surface area contributed by atoms with E-state index in [1.54, 1.807) is 24.3 Å². The van der Waals surface area contributed by atoms with Crippen LogP contribution in [0.15, 0.2) is 48.5 Å². The van der Waals surface area contributed by atoms with Crippen molar-refractivity contribution < 1.29 is 13.2 Å². The molecular weight excluding hydrogens is 338 g/mol. The standard InChI is InChI=1S/C18H21N3O3S/c1-13(18(22)21-12-11-14-5-3-4-6-17(14)21)19-15-7-9-16(10-8-15)20-25(2,23)24/h3-10,13,19-20H,11-12H2,1-2H3. The number of rotatable bonds is 5. The Bertz CT molecular complexity index is 879. The molecule has 1 amide bonds. The van der Waals surface area contributed by atoms with Crippen LogP contribution >= 0.6 is 0 Å². The van der Waals surface area contributed by atoms with Gasteiger partial charge >= 0.3 is 0 Å². The summed E-state index contributed by atoms with van der Waals surface area (Å²) in [6.07, 6.45) is 1.98. The molecule has 0 saturated heterocycles. The van der Waals surface area contributed by atoms with Gasteiger partial charge in [-0.05, 0) is 49.2 Å². The van der Waals surface area contributed by atoms with Gasteiger partial charge in [0.25, 0.3) is 0 Å². The molecule has 7 heteroatoms. The number of anilines is 3. The summed E-state index contributed by atoms with van der Waals surface area (Å²) in [7, 11) is -3.30. The molecule has 0 spiro atoms. The number of para-hydroxylation sites is 1. The second-order valence-corrected chi connectivity index (χ2v) is 7.93. The molecule has 2 N–H and O–H groups in total. The van der Waals surface area contributed by atoms with E-state index in [2.05, 4.69) is 10.0 Å². The molecule has 2 aromatic carbocycles. The van der Waals surface area contributed by atoms with Crippen molar-refractivity contribution in [2.24, 2.45) is 0 Å². The monoisotopic (exact) mass is 359 g/mol. The zero-order valence-electron chi connectivity index (χ0n) is 14.2. The lowest BCUT2D eigenvalue weighted by atomic mass is 10.2. The van der Waals surface area contributed by atoms with E-state index in [1.165, 1.54) is 5.56 Å². The normalized spacial score (nSPS) is 14.7. The number of sulfonamides is 1. The maximum Gasteiger partial charge on any atom is 0.249 e. The van der Waals surface area contributed by atoms with Gasteiger partial charge in [0.15, 0.2) is 0 Å². The van der Waals surface area contributed by atoms with E-state index in [4.69, 9.17) is 0 Å². The molecule has 3 rings (SSSR count). The Balaban J connectivity index is 1.66. The topological polar surface area (TPSA) is 78.5 Å². The van der Waals surface area contributed by atoms with Crippen LogP contribution in [0.5, 0.6) is 0 Å². The number of amides is 1. The number of hydrogen-bond donors (Lipinski definition) is 2. The summed E-state index contributed by atoms with van der Waals surface area (Å²) in [4.78, 5) is 14.6. The quantitative estimate of drug-likeness (QED) is 0.859. The van der Waals surface area contributed by atoms with Gasteiger partial charge < -0.3 is 10.2 Å². The van der Waals surface area contributed by atoms with Crippen LogP contribution in [0.1, 0.15) is 12.5 Å². The minimum Gasteiger partial charge on any atom is -0.374 e. The number of benzene rings is 2. The molecule has 25 heavy (non-hydrogen) atoms. The Morgan fingerprint density at radius 1 is 1.08 bits per heavy atom. The smallest absolute Gasteiger partial charge is 0.249 e. The summed E-state index contributed by atoms with van der Waals surface area (Å²) in [6.45, 7) is 2.52. The molecule has 0 aliphatic carbocycles. The Kier molecular flexibility index (Phi) is 4.67. The molecule has 0 radical (unpaired) electrons. The minimum atomic E-state index is -3.30. The van der Waals surface area contributed by atoms with Crippen LogP contribution < -0.4 is 14.9 Å². The van der Waals surface area contributed by atoms with E-state index in [0.717, 1.165) is 24.1 Å². The van der Waals surface area contributed by atoms with Crippen molar-refractivity contribution in [1.82, 2.24) is 0 Å². The molecular formula is C18H21N3O3S. The number of carbonyl (C=O) groups is 1. The highest BCUT2D eigenvalue weighted by atomic mass is 32.2. The first-order valence-electron chi connectivity index (χ1n) is 8.07. The van der Waals surface area contributed by atoms with Crippen molar-refractivity contribution in [1.29, 1.82) is 0 Å². The second-order valence-electron chi connectivity index (χ2n) is 6.19. The first-order valence-corrected chi connectivity index (χ1v) is 9.96. The highest BCUT2D eigenvalue weighted by Crippen LogP contribution is 2.28. The highest BCUT2D eigenvalue weighted by molar-refractivity contribution is 7.92. The van der Waals surface area contributed by atoms with Crippen LogP contribution in [0.25, 0.3) is 0 Å². The molecule has 0 aromatic heterocycles. The zero-order chi connectivity index (χ0) is 18.0. The van der Waals surface area contributed by atoms with Crippen molar-refractivity contribution in [3.05, 3.63) is 54.1 Å². The maximum absolute atomic E-state index is 12.7. The minimum absolute atomic E-state index is 0.0169. The Hall–Kier alpha value is -2.54. The molecule has 1 unspecified atom stereocenters. The SMILES string of the molecule is CC(Nc1ccc(NS(C)(=O)=O)cc1)C(=O)N1CCc2ccccc21. The van der Waals surface area contributed by atoms with E-state index >= 15 is 0 Å². The molecule has 1 atom stereocenters. The predicted molar refractivity (Wildman–Crippen MR) is 100 cm³/mol. The largest absolute Gasteiger partial charge is 0.374 e. The van der Waals surface area contributed by atoms with E-state index in [0.29, 0.717) is 12.2 Å². The fourth-order valence-corrected chi connectivity index (χ4v) is 3.53. The zero-order valence-corrected chi connectivity index (χ0v) is 15.0. The molecule has 1 aliphatic rings. The van der Waals surface area contributed by atoms with E-state index < -0.39 is 10.0 Å². The maximum atomic E-state index is 12.7. The molecule has 0 saturated carbocycles. The lowest BCUT2D eigenvalue weighted by Crippen LogP contribution is -2.40. The lowest BCUT2D eigenvalue weighted by molar-refractivity contribution is -0.118. The molecule has 1 aliphatic heterocycles. The average Bonchev–Trinajstić information content (AvgIpc) is 2.98. The summed E-state index contributed by atoms with van der Waals surface area (Å²) in [5.41, 5.74) is 3.42.